The molecule has 3 atom stereocenters. The van der Waals surface area contributed by atoms with Gasteiger partial charge in [-0.2, -0.15) is 8.78 Å². The van der Waals surface area contributed by atoms with E-state index in [-0.39, 0.29) is 27.9 Å². The molecule has 1 aromatic heterocycles. The Bertz CT molecular complexity index is 1310. The number of ketones is 1. The fourth-order valence-corrected chi connectivity index (χ4v) is 5.87. The minimum atomic E-state index is -4.40. The molecule has 0 radical (unpaired) electrons. The van der Waals surface area contributed by atoms with Gasteiger partial charge in [0.25, 0.3) is 0 Å². The van der Waals surface area contributed by atoms with Crippen molar-refractivity contribution in [3.05, 3.63) is 53.0 Å². The molecule has 2 heterocycles. The van der Waals surface area contributed by atoms with Crippen LogP contribution in [0.25, 0.3) is 0 Å². The summed E-state index contributed by atoms with van der Waals surface area (Å²) >= 11 is 1.06. The van der Waals surface area contributed by atoms with E-state index in [1.807, 2.05) is 0 Å². The molecule has 0 saturated heterocycles. The summed E-state index contributed by atoms with van der Waals surface area (Å²) in [5.41, 5.74) is 4.21. The van der Waals surface area contributed by atoms with Crippen molar-refractivity contribution in [1.82, 2.24) is 15.3 Å². The summed E-state index contributed by atoms with van der Waals surface area (Å²) < 4.78 is 83.7. The van der Waals surface area contributed by atoms with Crippen LogP contribution >= 0.6 is 11.8 Å². The SMILES string of the molecule is CNC(=O)[C@]12C[C@H]1[C@@](C)(c1cc(CC(=O)c3cnc(OCC(F)(F)C(F)F)cn3)cc(F)c1F)N=C(N)S2. The van der Waals surface area contributed by atoms with E-state index in [2.05, 4.69) is 25.0 Å². The number of nitrogens with one attached hydrogen (secondary N) is 1. The smallest absolute Gasteiger partial charge is 0.340 e. The van der Waals surface area contributed by atoms with Crippen LogP contribution in [0.3, 0.4) is 0 Å². The molecule has 1 amide bonds. The van der Waals surface area contributed by atoms with Crippen LogP contribution in [0.1, 0.15) is 35.0 Å². The Morgan fingerprint density at radius 2 is 1.97 bits per heavy atom. The van der Waals surface area contributed by atoms with Crippen molar-refractivity contribution < 1.29 is 40.7 Å². The molecular formula is C23H21F6N5O3S. The van der Waals surface area contributed by atoms with Crippen LogP contribution in [0, 0.1) is 17.6 Å². The van der Waals surface area contributed by atoms with E-state index in [0.717, 1.165) is 30.2 Å². The molecule has 1 fully saturated rings. The number of aromatic nitrogens is 2. The summed E-state index contributed by atoms with van der Waals surface area (Å²) in [4.78, 5) is 36.9. The number of rotatable bonds is 9. The zero-order chi connectivity index (χ0) is 28.0. The Kier molecular flexibility index (Phi) is 7.10. The molecule has 1 aliphatic heterocycles. The predicted octanol–water partition coefficient (Wildman–Crippen LogP) is 3.24. The Morgan fingerprint density at radius 3 is 2.58 bits per heavy atom. The molecule has 0 unspecified atom stereocenters. The van der Waals surface area contributed by atoms with E-state index in [4.69, 9.17) is 5.73 Å². The highest BCUT2D eigenvalue weighted by atomic mass is 32.2. The molecule has 0 bridgehead atoms. The number of halogens is 6. The molecule has 2 aliphatic rings. The second kappa shape index (κ2) is 9.75. The van der Waals surface area contributed by atoms with Gasteiger partial charge in [-0.3, -0.25) is 14.6 Å². The number of Topliss-reactive ketones (excluding diaryl/α,β-unsaturated/α-hetero) is 1. The van der Waals surface area contributed by atoms with Gasteiger partial charge in [-0.1, -0.05) is 11.8 Å². The van der Waals surface area contributed by atoms with Gasteiger partial charge < -0.3 is 15.8 Å². The lowest BCUT2D eigenvalue weighted by atomic mass is 9.84. The van der Waals surface area contributed by atoms with Gasteiger partial charge in [0.05, 0.1) is 17.9 Å². The summed E-state index contributed by atoms with van der Waals surface area (Å²) in [7, 11) is 1.46. The lowest BCUT2D eigenvalue weighted by Crippen LogP contribution is -2.43. The van der Waals surface area contributed by atoms with Crippen LogP contribution in [-0.2, 0) is 16.8 Å². The van der Waals surface area contributed by atoms with E-state index in [0.29, 0.717) is 6.42 Å². The topological polar surface area (TPSA) is 120 Å². The number of hydrogen-bond acceptors (Lipinski definition) is 8. The molecule has 1 saturated carbocycles. The number of thioether (sulfide) groups is 1. The van der Waals surface area contributed by atoms with Crippen LogP contribution in [0.15, 0.2) is 29.5 Å². The minimum absolute atomic E-state index is 0.0371. The first kappa shape index (κ1) is 27.7. The maximum atomic E-state index is 15.0. The minimum Gasteiger partial charge on any atom is -0.470 e. The van der Waals surface area contributed by atoms with Crippen LogP contribution in [0.4, 0.5) is 26.3 Å². The van der Waals surface area contributed by atoms with Crippen molar-refractivity contribution in [1.29, 1.82) is 0 Å². The van der Waals surface area contributed by atoms with Gasteiger partial charge in [0.15, 0.2) is 29.2 Å². The summed E-state index contributed by atoms with van der Waals surface area (Å²) in [6, 6.07) is 2.11. The number of hydrogen-bond donors (Lipinski definition) is 2. The molecule has 0 spiro atoms. The van der Waals surface area contributed by atoms with Gasteiger partial charge in [0.2, 0.25) is 11.8 Å². The van der Waals surface area contributed by atoms with Crippen LogP contribution in [-0.4, -0.2) is 57.6 Å². The van der Waals surface area contributed by atoms with E-state index < -0.39 is 64.9 Å². The van der Waals surface area contributed by atoms with E-state index >= 15 is 4.39 Å². The Morgan fingerprint density at radius 1 is 1.26 bits per heavy atom. The van der Waals surface area contributed by atoms with Crippen molar-refractivity contribution in [3.8, 4) is 5.88 Å². The first-order valence-corrected chi connectivity index (χ1v) is 11.9. The lowest BCUT2D eigenvalue weighted by molar-refractivity contribution is -0.148. The summed E-state index contributed by atoms with van der Waals surface area (Å²) in [5, 5.41) is 2.59. The molecule has 2 aromatic rings. The quantitative estimate of drug-likeness (QED) is 0.356. The normalized spacial score (nSPS) is 24.4. The average molecular weight is 562 g/mol. The van der Waals surface area contributed by atoms with Crippen molar-refractivity contribution in [2.24, 2.45) is 16.6 Å². The first-order chi connectivity index (χ1) is 17.7. The van der Waals surface area contributed by atoms with Gasteiger partial charge in [0, 0.05) is 24.9 Å². The molecule has 3 N–H and O–H groups in total. The van der Waals surface area contributed by atoms with Gasteiger partial charge in [-0.15, -0.1) is 0 Å². The highest BCUT2D eigenvalue weighted by Gasteiger charge is 2.70. The van der Waals surface area contributed by atoms with Crippen molar-refractivity contribution in [3.63, 3.8) is 0 Å². The third-order valence-electron chi connectivity index (χ3n) is 6.47. The summed E-state index contributed by atoms with van der Waals surface area (Å²) in [6.07, 6.45) is -2.37. The second-order valence-electron chi connectivity index (χ2n) is 9.05. The number of fused-ring (bicyclic) bond motifs is 1. The monoisotopic (exact) mass is 561 g/mol. The summed E-state index contributed by atoms with van der Waals surface area (Å²) in [6.45, 7) is -0.100. The molecular weight excluding hydrogens is 540 g/mol. The highest BCUT2D eigenvalue weighted by molar-refractivity contribution is 8.15. The number of aliphatic imine (C=N–C) groups is 1. The van der Waals surface area contributed by atoms with Gasteiger partial charge >= 0.3 is 12.3 Å². The third-order valence-corrected chi connectivity index (χ3v) is 7.77. The zero-order valence-corrected chi connectivity index (χ0v) is 20.7. The third kappa shape index (κ3) is 4.90. The number of amides is 1. The molecule has 8 nitrogen and oxygen atoms in total. The molecule has 1 aliphatic carbocycles. The van der Waals surface area contributed by atoms with Crippen LogP contribution in [0.2, 0.25) is 0 Å². The summed E-state index contributed by atoms with van der Waals surface area (Å²) in [5.74, 6) is -8.82. The standard InChI is InChI=1S/C23H21F6N5O3S/c1-21(15-6-22(15,19(36)31-2)38-20(30)34-21)11-3-10(4-12(24)17(11)25)5-14(35)13-7-33-16(8-32-13)37-9-23(28,29)18(26)27/h3-4,7-8,15,18H,5-6,9H2,1-2H3,(H2,30,34)(H,31,36)/t15-,21+,22-/m0/s1. The number of ether oxygens (including phenoxy) is 1. The van der Waals surface area contributed by atoms with Gasteiger partial charge in [-0.25, -0.2) is 27.5 Å². The Balaban J connectivity index is 1.55. The first-order valence-electron chi connectivity index (χ1n) is 11.1. The second-order valence-corrected chi connectivity index (χ2v) is 10.4. The number of carbonyl (C=O) groups excluding carboxylic acids is 2. The van der Waals surface area contributed by atoms with Crippen LogP contribution < -0.4 is 15.8 Å². The predicted molar refractivity (Wildman–Crippen MR) is 124 cm³/mol. The fraction of sp³-hybridized carbons (Fsp3) is 0.435. The van der Waals surface area contributed by atoms with Crippen LogP contribution in [0.5, 0.6) is 5.88 Å². The van der Waals surface area contributed by atoms with Crippen molar-refractivity contribution in [2.75, 3.05) is 13.7 Å². The van der Waals surface area contributed by atoms with Gasteiger partial charge in [0.1, 0.15) is 10.4 Å². The molecule has 204 valence electrons. The Hall–Kier alpha value is -3.36. The van der Waals surface area contributed by atoms with E-state index in [9.17, 15) is 31.5 Å². The highest BCUT2D eigenvalue weighted by Crippen LogP contribution is 2.66. The number of amidine groups is 1. The maximum absolute atomic E-state index is 15.0. The molecule has 4 rings (SSSR count). The fourth-order valence-electron chi connectivity index (χ4n) is 4.44. The number of benzene rings is 1. The maximum Gasteiger partial charge on any atom is 0.340 e. The molecule has 38 heavy (non-hydrogen) atoms. The number of alkyl halides is 4. The van der Waals surface area contributed by atoms with Gasteiger partial charge in [-0.05, 0) is 31.0 Å². The zero-order valence-electron chi connectivity index (χ0n) is 19.9. The molecule has 15 heteroatoms. The number of carbonyl (C=O) groups is 2. The lowest BCUT2D eigenvalue weighted by Gasteiger charge is -2.33. The largest absolute Gasteiger partial charge is 0.470 e. The number of nitrogens with two attached hydrogens (primary N) is 1. The Labute approximate surface area is 216 Å². The van der Waals surface area contributed by atoms with Crippen molar-refractivity contribution in [2.45, 2.75) is 42.4 Å². The average Bonchev–Trinajstić information content (AvgIpc) is 3.61. The van der Waals surface area contributed by atoms with E-state index in [1.54, 1.807) is 6.92 Å². The number of nitrogens with zero attached hydrogens (tertiary/aromatic N) is 3. The molecule has 1 aromatic carbocycles. The van der Waals surface area contributed by atoms with Crippen molar-refractivity contribution >= 4 is 28.6 Å². The van der Waals surface area contributed by atoms with E-state index in [1.165, 1.54) is 13.1 Å².